The van der Waals surface area contributed by atoms with Crippen LogP contribution in [-0.2, 0) is 0 Å². The van der Waals surface area contributed by atoms with Crippen molar-refractivity contribution in [3.8, 4) is 17.2 Å². The van der Waals surface area contributed by atoms with E-state index in [-0.39, 0.29) is 18.2 Å². The summed E-state index contributed by atoms with van der Waals surface area (Å²) in [6, 6.07) is 10.2. The number of rotatable bonds is 6. The molecule has 2 aromatic rings. The standard InChI is InChI=1S/C17H18F3NO3.ClH/c1-3-23-14-9-6-12(10-15(14)22-2)16(21)11-4-7-13(8-5-11)24-17(18,19)20;/h4-10,16H,3,21H2,1-2H3;1H/t16-;/m0./s1. The number of benzene rings is 2. The second-order valence-corrected chi connectivity index (χ2v) is 4.94. The summed E-state index contributed by atoms with van der Waals surface area (Å²) in [7, 11) is 1.52. The molecular weight excluding hydrogens is 359 g/mol. The van der Waals surface area contributed by atoms with Crippen LogP contribution >= 0.6 is 12.4 Å². The van der Waals surface area contributed by atoms with Crippen molar-refractivity contribution in [1.29, 1.82) is 0 Å². The summed E-state index contributed by atoms with van der Waals surface area (Å²) < 4.78 is 51.1. The molecule has 2 rings (SSSR count). The van der Waals surface area contributed by atoms with Gasteiger partial charge >= 0.3 is 6.36 Å². The molecule has 0 aliphatic rings. The molecule has 0 bridgehead atoms. The highest BCUT2D eigenvalue weighted by molar-refractivity contribution is 5.85. The minimum absolute atomic E-state index is 0. The van der Waals surface area contributed by atoms with Crippen LogP contribution < -0.4 is 19.9 Å². The minimum atomic E-state index is -4.72. The fourth-order valence-electron chi connectivity index (χ4n) is 2.22. The van der Waals surface area contributed by atoms with E-state index < -0.39 is 12.4 Å². The van der Waals surface area contributed by atoms with Crippen molar-refractivity contribution in [3.05, 3.63) is 53.6 Å². The summed E-state index contributed by atoms with van der Waals surface area (Å²) in [6.07, 6.45) is -4.72. The van der Waals surface area contributed by atoms with Crippen molar-refractivity contribution in [3.63, 3.8) is 0 Å². The summed E-state index contributed by atoms with van der Waals surface area (Å²) in [5.74, 6) is 0.856. The van der Waals surface area contributed by atoms with Gasteiger partial charge in [0, 0.05) is 0 Å². The summed E-state index contributed by atoms with van der Waals surface area (Å²) in [4.78, 5) is 0. The van der Waals surface area contributed by atoms with Gasteiger partial charge in [-0.1, -0.05) is 18.2 Å². The Hall–Kier alpha value is -2.12. The highest BCUT2D eigenvalue weighted by atomic mass is 35.5. The first-order chi connectivity index (χ1) is 11.3. The Bertz CT molecular complexity index is 678. The molecule has 0 aromatic heterocycles. The summed E-state index contributed by atoms with van der Waals surface area (Å²) in [5, 5.41) is 0. The molecule has 2 aromatic carbocycles. The zero-order valence-corrected chi connectivity index (χ0v) is 14.5. The molecule has 0 fully saturated rings. The monoisotopic (exact) mass is 377 g/mol. The van der Waals surface area contributed by atoms with Crippen molar-refractivity contribution in [2.45, 2.75) is 19.3 Å². The van der Waals surface area contributed by atoms with Gasteiger partial charge in [0.25, 0.3) is 0 Å². The van der Waals surface area contributed by atoms with Crippen LogP contribution in [0.2, 0.25) is 0 Å². The Morgan fingerprint density at radius 2 is 1.60 bits per heavy atom. The van der Waals surface area contributed by atoms with E-state index in [9.17, 15) is 13.2 Å². The van der Waals surface area contributed by atoms with Gasteiger partial charge < -0.3 is 19.9 Å². The molecule has 0 aliphatic carbocycles. The number of hydrogen-bond donors (Lipinski definition) is 1. The predicted molar refractivity (Wildman–Crippen MR) is 90.6 cm³/mol. The maximum Gasteiger partial charge on any atom is 0.573 e. The van der Waals surface area contributed by atoms with Crippen molar-refractivity contribution in [1.82, 2.24) is 0 Å². The van der Waals surface area contributed by atoms with E-state index in [0.717, 1.165) is 5.56 Å². The quantitative estimate of drug-likeness (QED) is 0.807. The third-order valence-corrected chi connectivity index (χ3v) is 3.32. The van der Waals surface area contributed by atoms with Crippen LogP contribution in [0, 0.1) is 0 Å². The Morgan fingerprint density at radius 1 is 1.00 bits per heavy atom. The van der Waals surface area contributed by atoms with Gasteiger partial charge in [-0.2, -0.15) is 0 Å². The van der Waals surface area contributed by atoms with E-state index in [1.807, 2.05) is 6.92 Å². The SMILES string of the molecule is CCOc1ccc([C@@H](N)c2ccc(OC(F)(F)F)cc2)cc1OC.Cl. The number of nitrogens with two attached hydrogens (primary N) is 1. The van der Waals surface area contributed by atoms with Crippen molar-refractivity contribution < 1.29 is 27.4 Å². The Labute approximate surface area is 150 Å². The maximum atomic E-state index is 12.2. The van der Waals surface area contributed by atoms with Crippen LogP contribution in [0.1, 0.15) is 24.1 Å². The number of halogens is 4. The van der Waals surface area contributed by atoms with E-state index in [1.165, 1.54) is 31.4 Å². The van der Waals surface area contributed by atoms with E-state index in [4.69, 9.17) is 15.2 Å². The molecule has 0 unspecified atom stereocenters. The number of alkyl halides is 3. The van der Waals surface area contributed by atoms with Gasteiger partial charge in [0.2, 0.25) is 0 Å². The van der Waals surface area contributed by atoms with E-state index in [0.29, 0.717) is 23.7 Å². The maximum absolute atomic E-state index is 12.2. The first-order valence-corrected chi connectivity index (χ1v) is 7.26. The van der Waals surface area contributed by atoms with Crippen molar-refractivity contribution in [2.75, 3.05) is 13.7 Å². The Morgan fingerprint density at radius 3 is 2.12 bits per heavy atom. The molecule has 4 nitrogen and oxygen atoms in total. The van der Waals surface area contributed by atoms with Crippen molar-refractivity contribution in [2.24, 2.45) is 5.73 Å². The lowest BCUT2D eigenvalue weighted by atomic mass is 9.99. The van der Waals surface area contributed by atoms with Gasteiger partial charge in [-0.3, -0.25) is 0 Å². The third-order valence-electron chi connectivity index (χ3n) is 3.32. The predicted octanol–water partition coefficient (Wildman–Crippen LogP) is 4.46. The van der Waals surface area contributed by atoms with Gasteiger partial charge in [0.05, 0.1) is 19.8 Å². The smallest absolute Gasteiger partial charge is 0.493 e. The summed E-state index contributed by atoms with van der Waals surface area (Å²) >= 11 is 0. The molecule has 8 heteroatoms. The summed E-state index contributed by atoms with van der Waals surface area (Å²) in [6.45, 7) is 2.37. The molecule has 0 saturated carbocycles. The van der Waals surface area contributed by atoms with Crippen LogP contribution in [0.3, 0.4) is 0 Å². The fourth-order valence-corrected chi connectivity index (χ4v) is 2.22. The van der Waals surface area contributed by atoms with E-state index in [1.54, 1.807) is 18.2 Å². The molecule has 0 saturated heterocycles. The second-order valence-electron chi connectivity index (χ2n) is 4.94. The van der Waals surface area contributed by atoms with Crippen molar-refractivity contribution >= 4 is 12.4 Å². The fraction of sp³-hybridized carbons (Fsp3) is 0.294. The van der Waals surface area contributed by atoms with E-state index in [2.05, 4.69) is 4.74 Å². The average molecular weight is 378 g/mol. The third kappa shape index (κ3) is 5.72. The molecule has 0 amide bonds. The molecule has 0 heterocycles. The summed E-state index contributed by atoms with van der Waals surface area (Å²) in [5.41, 5.74) is 7.58. The van der Waals surface area contributed by atoms with Gasteiger partial charge in [-0.25, -0.2) is 0 Å². The molecule has 138 valence electrons. The average Bonchev–Trinajstić information content (AvgIpc) is 2.54. The zero-order chi connectivity index (χ0) is 17.7. The van der Waals surface area contributed by atoms with Crippen LogP contribution in [0.5, 0.6) is 17.2 Å². The van der Waals surface area contributed by atoms with Crippen LogP contribution in [0.25, 0.3) is 0 Å². The molecule has 2 N–H and O–H groups in total. The highest BCUT2D eigenvalue weighted by Gasteiger charge is 2.31. The lowest BCUT2D eigenvalue weighted by molar-refractivity contribution is -0.274. The van der Waals surface area contributed by atoms with Crippen LogP contribution in [0.15, 0.2) is 42.5 Å². The molecular formula is C17H19ClF3NO3. The van der Waals surface area contributed by atoms with Gasteiger partial charge in [-0.05, 0) is 42.3 Å². The molecule has 25 heavy (non-hydrogen) atoms. The Kier molecular flexibility index (Phi) is 7.38. The molecule has 1 atom stereocenters. The van der Waals surface area contributed by atoms with Gasteiger partial charge in [-0.15, -0.1) is 25.6 Å². The number of hydrogen-bond acceptors (Lipinski definition) is 4. The second kappa shape index (κ2) is 8.82. The number of ether oxygens (including phenoxy) is 3. The zero-order valence-electron chi connectivity index (χ0n) is 13.7. The van der Waals surface area contributed by atoms with Crippen LogP contribution in [-0.4, -0.2) is 20.1 Å². The largest absolute Gasteiger partial charge is 0.573 e. The normalized spacial score (nSPS) is 12.1. The number of methoxy groups -OCH3 is 1. The molecule has 0 spiro atoms. The van der Waals surface area contributed by atoms with E-state index >= 15 is 0 Å². The Balaban J connectivity index is 0.00000312. The first-order valence-electron chi connectivity index (χ1n) is 7.26. The van der Waals surface area contributed by atoms with Gasteiger partial charge in [0.1, 0.15) is 5.75 Å². The minimum Gasteiger partial charge on any atom is -0.493 e. The molecule has 0 aliphatic heterocycles. The van der Waals surface area contributed by atoms with Gasteiger partial charge in [0.15, 0.2) is 11.5 Å². The van der Waals surface area contributed by atoms with Crippen LogP contribution in [0.4, 0.5) is 13.2 Å². The highest BCUT2D eigenvalue weighted by Crippen LogP contribution is 2.32. The lowest BCUT2D eigenvalue weighted by Gasteiger charge is -2.16. The molecule has 0 radical (unpaired) electrons. The first kappa shape index (κ1) is 20.9. The lowest BCUT2D eigenvalue weighted by Crippen LogP contribution is -2.17. The topological polar surface area (TPSA) is 53.7 Å².